The van der Waals surface area contributed by atoms with Crippen molar-refractivity contribution in [3.63, 3.8) is 0 Å². The molecule has 2 aromatic heterocycles. The first kappa shape index (κ1) is 22.4. The number of hydrogen-bond acceptors (Lipinski definition) is 8. The molecule has 162 valence electrons. The molecule has 1 unspecified atom stereocenters. The van der Waals surface area contributed by atoms with Crippen LogP contribution in [0.2, 0.25) is 5.02 Å². The second kappa shape index (κ2) is 9.23. The lowest BCUT2D eigenvalue weighted by molar-refractivity contribution is -0.118. The van der Waals surface area contributed by atoms with E-state index in [9.17, 15) is 18.4 Å². The normalized spacial score (nSPS) is 11.9. The van der Waals surface area contributed by atoms with Crippen molar-refractivity contribution in [2.24, 2.45) is 5.73 Å². The Labute approximate surface area is 184 Å². The van der Waals surface area contributed by atoms with Gasteiger partial charge >= 0.3 is 6.61 Å². The number of rotatable bonds is 8. The van der Waals surface area contributed by atoms with E-state index < -0.39 is 18.6 Å². The van der Waals surface area contributed by atoms with Crippen molar-refractivity contribution < 1.29 is 23.1 Å². The average Bonchev–Trinajstić information content (AvgIpc) is 3.10. The third kappa shape index (κ3) is 5.06. The van der Waals surface area contributed by atoms with Crippen LogP contribution in [-0.2, 0) is 4.79 Å². The highest BCUT2D eigenvalue weighted by Crippen LogP contribution is 2.36. The number of benzene rings is 1. The number of thiazole rings is 1. The Bertz CT molecular complexity index is 1090. The van der Waals surface area contributed by atoms with Gasteiger partial charge in [0.25, 0.3) is 0 Å². The molecule has 0 saturated heterocycles. The van der Waals surface area contributed by atoms with Crippen LogP contribution in [0.25, 0.3) is 0 Å². The minimum atomic E-state index is -3.03. The Morgan fingerprint density at radius 3 is 2.42 bits per heavy atom. The summed E-state index contributed by atoms with van der Waals surface area (Å²) in [5, 5.41) is 0.674. The van der Waals surface area contributed by atoms with Crippen molar-refractivity contribution in [3.05, 3.63) is 58.1 Å². The highest BCUT2D eigenvalue weighted by Gasteiger charge is 2.27. The van der Waals surface area contributed by atoms with Crippen LogP contribution in [0.5, 0.6) is 5.88 Å². The van der Waals surface area contributed by atoms with Crippen LogP contribution < -0.4 is 21.1 Å². The van der Waals surface area contributed by atoms with Gasteiger partial charge in [0.1, 0.15) is 16.7 Å². The molecule has 0 spiro atoms. The summed E-state index contributed by atoms with van der Waals surface area (Å²) in [6, 6.07) is 7.96. The van der Waals surface area contributed by atoms with E-state index in [-0.39, 0.29) is 27.5 Å². The minimum absolute atomic E-state index is 0.0350. The molecule has 4 N–H and O–H groups in total. The van der Waals surface area contributed by atoms with Crippen LogP contribution in [-0.4, -0.2) is 34.3 Å². The molecule has 3 rings (SSSR count). The maximum Gasteiger partial charge on any atom is 0.388 e. The predicted octanol–water partition coefficient (Wildman–Crippen LogP) is 3.62. The zero-order valence-electron chi connectivity index (χ0n) is 16.0. The van der Waals surface area contributed by atoms with E-state index in [2.05, 4.69) is 14.7 Å². The maximum absolute atomic E-state index is 12.8. The lowest BCUT2D eigenvalue weighted by atomic mass is 10.1. The molecule has 1 amide bonds. The first-order valence-electron chi connectivity index (χ1n) is 8.73. The summed E-state index contributed by atoms with van der Waals surface area (Å²) in [6.45, 7) is -1.51. The number of ether oxygens (including phenoxy) is 1. The van der Waals surface area contributed by atoms with Crippen LogP contribution >= 0.6 is 22.9 Å². The van der Waals surface area contributed by atoms with Crippen molar-refractivity contribution in [1.82, 2.24) is 9.97 Å². The topological polar surface area (TPSA) is 124 Å². The molecule has 0 saturated carbocycles. The average molecular weight is 468 g/mol. The van der Waals surface area contributed by atoms with Crippen molar-refractivity contribution in [2.45, 2.75) is 19.6 Å². The van der Waals surface area contributed by atoms with Crippen LogP contribution in [0.4, 0.5) is 25.4 Å². The van der Waals surface area contributed by atoms with Gasteiger partial charge in [0.05, 0.1) is 11.9 Å². The number of carbonyl (C=O) groups is 2. The minimum Gasteiger partial charge on any atom is -0.417 e. The van der Waals surface area contributed by atoms with Gasteiger partial charge in [-0.05, 0) is 37.3 Å². The van der Waals surface area contributed by atoms with E-state index in [1.807, 2.05) is 0 Å². The Balaban J connectivity index is 1.99. The van der Waals surface area contributed by atoms with Gasteiger partial charge in [-0.3, -0.25) is 9.59 Å². The van der Waals surface area contributed by atoms with E-state index in [1.54, 1.807) is 24.3 Å². The first-order chi connectivity index (χ1) is 14.7. The Morgan fingerprint density at radius 2 is 1.87 bits per heavy atom. The number of carbonyl (C=O) groups excluding carboxylic acids is 2. The van der Waals surface area contributed by atoms with Crippen LogP contribution in [0.15, 0.2) is 42.6 Å². The van der Waals surface area contributed by atoms with Crippen molar-refractivity contribution in [3.8, 4) is 5.88 Å². The summed E-state index contributed by atoms with van der Waals surface area (Å²) in [5.41, 5.74) is 12.1. The maximum atomic E-state index is 12.8. The fourth-order valence-electron chi connectivity index (χ4n) is 2.62. The number of primary amides is 1. The van der Waals surface area contributed by atoms with Crippen molar-refractivity contribution in [1.29, 1.82) is 0 Å². The predicted molar refractivity (Wildman–Crippen MR) is 113 cm³/mol. The number of aromatic nitrogens is 2. The van der Waals surface area contributed by atoms with Crippen LogP contribution in [0.3, 0.4) is 0 Å². The number of amides is 1. The number of hydrogen-bond donors (Lipinski definition) is 2. The summed E-state index contributed by atoms with van der Waals surface area (Å²) in [6.07, 6.45) is 1.22. The molecule has 12 heteroatoms. The smallest absolute Gasteiger partial charge is 0.388 e. The van der Waals surface area contributed by atoms with Gasteiger partial charge in [0.15, 0.2) is 5.13 Å². The zero-order valence-corrected chi connectivity index (χ0v) is 17.5. The second-order valence-corrected chi connectivity index (χ2v) is 7.64. The molecular formula is C19H16ClF2N5O3S. The number of anilines is 3. The SMILES string of the molecule is CC(C(N)=O)N(c1ccc(OC(F)F)nc1)c1nc(N)c(C(=O)c2ccc(Cl)cc2)s1. The fourth-order valence-corrected chi connectivity index (χ4v) is 3.80. The van der Waals surface area contributed by atoms with E-state index in [4.69, 9.17) is 23.1 Å². The molecule has 1 atom stereocenters. The molecule has 0 bridgehead atoms. The van der Waals surface area contributed by atoms with E-state index in [0.717, 1.165) is 11.3 Å². The van der Waals surface area contributed by atoms with Gasteiger partial charge < -0.3 is 21.1 Å². The summed E-state index contributed by atoms with van der Waals surface area (Å²) in [4.78, 5) is 34.3. The van der Waals surface area contributed by atoms with Crippen molar-refractivity contribution in [2.75, 3.05) is 10.6 Å². The molecule has 3 aromatic rings. The first-order valence-corrected chi connectivity index (χ1v) is 9.92. The third-order valence-electron chi connectivity index (χ3n) is 4.17. The lowest BCUT2D eigenvalue weighted by Crippen LogP contribution is -2.40. The summed E-state index contributed by atoms with van der Waals surface area (Å²) in [7, 11) is 0. The van der Waals surface area contributed by atoms with Gasteiger partial charge in [-0.25, -0.2) is 9.97 Å². The standard InChI is InChI=1S/C19H16ClF2N5O3S/c1-9(17(24)29)27(12-6-7-13(25-8-12)30-18(21)22)19-26-16(23)15(31-19)14(28)10-2-4-11(20)5-3-10/h2-9,18H,23H2,1H3,(H2,24,29). The molecule has 0 radical (unpaired) electrons. The van der Waals surface area contributed by atoms with Gasteiger partial charge in [-0.1, -0.05) is 22.9 Å². The quantitative estimate of drug-likeness (QED) is 0.485. The summed E-state index contributed by atoms with van der Waals surface area (Å²) >= 11 is 6.81. The van der Waals surface area contributed by atoms with Crippen molar-refractivity contribution >= 4 is 51.3 Å². The monoisotopic (exact) mass is 467 g/mol. The Hall–Kier alpha value is -3.31. The zero-order chi connectivity index (χ0) is 22.7. The van der Waals surface area contributed by atoms with Gasteiger partial charge in [-0.2, -0.15) is 8.78 Å². The Kier molecular flexibility index (Phi) is 6.66. The van der Waals surface area contributed by atoms with Gasteiger partial charge in [0.2, 0.25) is 17.6 Å². The summed E-state index contributed by atoms with van der Waals surface area (Å²) < 4.78 is 29.0. The molecule has 1 aromatic carbocycles. The molecule has 31 heavy (non-hydrogen) atoms. The number of pyridine rings is 1. The molecular weight excluding hydrogens is 452 g/mol. The third-order valence-corrected chi connectivity index (χ3v) is 5.49. The number of nitrogens with zero attached hydrogens (tertiary/aromatic N) is 3. The van der Waals surface area contributed by atoms with E-state index in [0.29, 0.717) is 16.3 Å². The molecule has 0 aliphatic carbocycles. The molecule has 0 aliphatic rings. The number of ketones is 1. The number of alkyl halides is 2. The van der Waals surface area contributed by atoms with Gasteiger partial charge in [-0.15, -0.1) is 0 Å². The highest BCUT2D eigenvalue weighted by atomic mass is 35.5. The lowest BCUT2D eigenvalue weighted by Gasteiger charge is -2.26. The molecule has 8 nitrogen and oxygen atoms in total. The number of nitrogens with two attached hydrogens (primary N) is 2. The second-order valence-electron chi connectivity index (χ2n) is 6.23. The largest absolute Gasteiger partial charge is 0.417 e. The number of nitrogen functional groups attached to an aromatic ring is 1. The Morgan fingerprint density at radius 1 is 1.19 bits per heavy atom. The number of halogens is 3. The fraction of sp³-hybridized carbons (Fsp3) is 0.158. The molecule has 2 heterocycles. The highest BCUT2D eigenvalue weighted by molar-refractivity contribution is 7.18. The van der Waals surface area contributed by atoms with Gasteiger partial charge in [0, 0.05) is 16.7 Å². The van der Waals surface area contributed by atoms with E-state index in [1.165, 1.54) is 30.2 Å². The van der Waals surface area contributed by atoms with E-state index >= 15 is 0 Å². The van der Waals surface area contributed by atoms with Crippen LogP contribution in [0, 0.1) is 0 Å². The van der Waals surface area contributed by atoms with Crippen LogP contribution in [0.1, 0.15) is 22.2 Å². The molecule has 0 aliphatic heterocycles. The molecule has 0 fully saturated rings. The summed E-state index contributed by atoms with van der Waals surface area (Å²) in [5.74, 6) is -1.40.